The van der Waals surface area contributed by atoms with Gasteiger partial charge >= 0.3 is 0 Å². The van der Waals surface area contributed by atoms with E-state index in [0.717, 1.165) is 50.4 Å². The normalized spacial score (nSPS) is 14.0. The second kappa shape index (κ2) is 12.6. The molecule has 1 heterocycles. The zero-order chi connectivity index (χ0) is 21.9. The number of rotatable bonds is 12. The molecule has 0 atom stereocenters. The Labute approximate surface area is 184 Å². The van der Waals surface area contributed by atoms with E-state index in [1.807, 2.05) is 6.07 Å². The SMILES string of the molecule is CC(C)=CCC/C(C)=C/CC/C(C)=C/CN(Cc1ccc2c(c1)OCO2)CC(C)C. The molecule has 0 saturated heterocycles. The molecule has 0 saturated carbocycles. The lowest BCUT2D eigenvalue weighted by molar-refractivity contribution is 0.174. The lowest BCUT2D eigenvalue weighted by Crippen LogP contribution is -2.27. The Morgan fingerprint density at radius 3 is 2.30 bits per heavy atom. The van der Waals surface area contributed by atoms with Crippen LogP contribution in [0.5, 0.6) is 11.5 Å². The molecule has 30 heavy (non-hydrogen) atoms. The van der Waals surface area contributed by atoms with Crippen LogP contribution < -0.4 is 9.47 Å². The Bertz CT molecular complexity index is 754. The van der Waals surface area contributed by atoms with Crippen molar-refractivity contribution in [3.8, 4) is 11.5 Å². The fraction of sp³-hybridized carbons (Fsp3) is 0.556. The van der Waals surface area contributed by atoms with Gasteiger partial charge < -0.3 is 9.47 Å². The average molecular weight is 412 g/mol. The van der Waals surface area contributed by atoms with E-state index >= 15 is 0 Å². The van der Waals surface area contributed by atoms with Gasteiger partial charge in [-0.25, -0.2) is 0 Å². The third-order valence-electron chi connectivity index (χ3n) is 5.29. The second-order valence-corrected chi connectivity index (χ2v) is 9.24. The van der Waals surface area contributed by atoms with Gasteiger partial charge in [-0.3, -0.25) is 4.90 Å². The Morgan fingerprint density at radius 1 is 0.933 bits per heavy atom. The van der Waals surface area contributed by atoms with Crippen LogP contribution in [0, 0.1) is 5.92 Å². The second-order valence-electron chi connectivity index (χ2n) is 9.24. The van der Waals surface area contributed by atoms with Crippen LogP contribution in [0.4, 0.5) is 0 Å². The van der Waals surface area contributed by atoms with E-state index in [-0.39, 0.29) is 0 Å². The maximum atomic E-state index is 5.54. The Kier molecular flexibility index (Phi) is 10.2. The summed E-state index contributed by atoms with van der Waals surface area (Å²) in [4.78, 5) is 2.52. The van der Waals surface area contributed by atoms with Crippen molar-refractivity contribution in [1.82, 2.24) is 4.90 Å². The number of nitrogens with zero attached hydrogens (tertiary/aromatic N) is 1. The van der Waals surface area contributed by atoms with Crippen molar-refractivity contribution < 1.29 is 9.47 Å². The van der Waals surface area contributed by atoms with Crippen molar-refractivity contribution in [2.75, 3.05) is 19.9 Å². The molecule has 2 rings (SSSR count). The van der Waals surface area contributed by atoms with Crippen molar-refractivity contribution >= 4 is 0 Å². The predicted octanol–water partition coefficient (Wildman–Crippen LogP) is 7.29. The van der Waals surface area contributed by atoms with Gasteiger partial charge in [0.25, 0.3) is 0 Å². The molecule has 1 aliphatic heterocycles. The predicted molar refractivity (Wildman–Crippen MR) is 128 cm³/mol. The topological polar surface area (TPSA) is 21.7 Å². The average Bonchev–Trinajstić information content (AvgIpc) is 3.13. The minimum atomic E-state index is 0.333. The molecule has 0 bridgehead atoms. The molecule has 1 aliphatic rings. The van der Waals surface area contributed by atoms with Crippen LogP contribution in [-0.2, 0) is 6.54 Å². The lowest BCUT2D eigenvalue weighted by atomic mass is 10.1. The van der Waals surface area contributed by atoms with Crippen molar-refractivity contribution in [3.05, 3.63) is 58.7 Å². The number of fused-ring (bicyclic) bond motifs is 1. The van der Waals surface area contributed by atoms with Crippen LogP contribution >= 0.6 is 0 Å². The van der Waals surface area contributed by atoms with E-state index in [0.29, 0.717) is 12.7 Å². The summed E-state index contributed by atoms with van der Waals surface area (Å²) in [7, 11) is 0. The van der Waals surface area contributed by atoms with E-state index in [1.165, 1.54) is 28.7 Å². The first kappa shape index (κ1) is 24.3. The van der Waals surface area contributed by atoms with Crippen LogP contribution in [-0.4, -0.2) is 24.8 Å². The third kappa shape index (κ3) is 9.21. The standard InChI is InChI=1S/C27H41NO2/c1-21(2)9-7-10-23(5)11-8-12-24(6)15-16-28(18-22(3)4)19-25-13-14-26-27(17-25)30-20-29-26/h9,11,13-15,17,22H,7-8,10,12,16,18-20H2,1-6H3/b23-11+,24-15+. The lowest BCUT2D eigenvalue weighted by Gasteiger charge is -2.23. The molecule has 0 fully saturated rings. The summed E-state index contributed by atoms with van der Waals surface area (Å²) in [6.07, 6.45) is 11.7. The summed E-state index contributed by atoms with van der Waals surface area (Å²) in [5.74, 6) is 2.36. The van der Waals surface area contributed by atoms with Gasteiger partial charge in [-0.2, -0.15) is 0 Å². The smallest absolute Gasteiger partial charge is 0.231 e. The molecule has 3 nitrogen and oxygen atoms in total. The summed E-state index contributed by atoms with van der Waals surface area (Å²) in [5.41, 5.74) is 5.67. The molecule has 0 unspecified atom stereocenters. The summed E-state index contributed by atoms with van der Waals surface area (Å²) < 4.78 is 11.0. The van der Waals surface area contributed by atoms with Gasteiger partial charge in [-0.1, -0.05) is 54.9 Å². The van der Waals surface area contributed by atoms with Gasteiger partial charge in [0.2, 0.25) is 6.79 Å². The monoisotopic (exact) mass is 411 g/mol. The fourth-order valence-corrected chi connectivity index (χ4v) is 3.64. The Morgan fingerprint density at radius 2 is 1.60 bits per heavy atom. The molecular formula is C27H41NO2. The summed E-state index contributed by atoms with van der Waals surface area (Å²) in [6.45, 7) is 16.8. The zero-order valence-corrected chi connectivity index (χ0v) is 20.0. The molecule has 0 aliphatic carbocycles. The van der Waals surface area contributed by atoms with Crippen molar-refractivity contribution in [2.45, 2.75) is 73.8 Å². The molecule has 1 aromatic carbocycles. The van der Waals surface area contributed by atoms with E-state index in [9.17, 15) is 0 Å². The molecule has 0 spiro atoms. The van der Waals surface area contributed by atoms with E-state index < -0.39 is 0 Å². The van der Waals surface area contributed by atoms with Crippen LogP contribution in [0.1, 0.15) is 72.8 Å². The van der Waals surface area contributed by atoms with Gasteiger partial charge in [-0.15, -0.1) is 0 Å². The van der Waals surface area contributed by atoms with Gasteiger partial charge in [0.15, 0.2) is 11.5 Å². The molecule has 3 heteroatoms. The van der Waals surface area contributed by atoms with Crippen LogP contribution in [0.3, 0.4) is 0 Å². The van der Waals surface area contributed by atoms with Crippen LogP contribution in [0.2, 0.25) is 0 Å². The Balaban J connectivity index is 1.84. The first-order valence-corrected chi connectivity index (χ1v) is 11.4. The molecule has 166 valence electrons. The molecule has 0 aromatic heterocycles. The van der Waals surface area contributed by atoms with E-state index in [1.54, 1.807) is 0 Å². The molecule has 0 radical (unpaired) electrons. The van der Waals surface area contributed by atoms with Gasteiger partial charge in [-0.05, 0) is 77.0 Å². The summed E-state index contributed by atoms with van der Waals surface area (Å²) >= 11 is 0. The maximum absolute atomic E-state index is 5.54. The van der Waals surface area contributed by atoms with Crippen molar-refractivity contribution in [3.63, 3.8) is 0 Å². The number of hydrogen-bond donors (Lipinski definition) is 0. The van der Waals surface area contributed by atoms with E-state index in [4.69, 9.17) is 9.47 Å². The zero-order valence-electron chi connectivity index (χ0n) is 20.0. The van der Waals surface area contributed by atoms with Gasteiger partial charge in [0.1, 0.15) is 0 Å². The minimum absolute atomic E-state index is 0.333. The van der Waals surface area contributed by atoms with E-state index in [2.05, 4.69) is 76.8 Å². The Hall–Kier alpha value is -2.00. The minimum Gasteiger partial charge on any atom is -0.454 e. The number of hydrogen-bond acceptors (Lipinski definition) is 3. The largest absolute Gasteiger partial charge is 0.454 e. The van der Waals surface area contributed by atoms with Gasteiger partial charge in [0.05, 0.1) is 0 Å². The van der Waals surface area contributed by atoms with Crippen molar-refractivity contribution in [1.29, 1.82) is 0 Å². The first-order valence-electron chi connectivity index (χ1n) is 11.4. The molecule has 1 aromatic rings. The first-order chi connectivity index (χ1) is 14.3. The quantitative estimate of drug-likeness (QED) is 0.337. The highest BCUT2D eigenvalue weighted by Gasteiger charge is 2.15. The van der Waals surface area contributed by atoms with Crippen molar-refractivity contribution in [2.24, 2.45) is 5.92 Å². The maximum Gasteiger partial charge on any atom is 0.231 e. The highest BCUT2D eigenvalue weighted by molar-refractivity contribution is 5.44. The highest BCUT2D eigenvalue weighted by Crippen LogP contribution is 2.32. The number of ether oxygens (including phenoxy) is 2. The molecule has 0 amide bonds. The molecule has 0 N–H and O–H groups in total. The third-order valence-corrected chi connectivity index (χ3v) is 5.29. The highest BCUT2D eigenvalue weighted by atomic mass is 16.7. The molecular weight excluding hydrogens is 370 g/mol. The summed E-state index contributed by atoms with van der Waals surface area (Å²) in [5, 5.41) is 0. The van der Waals surface area contributed by atoms with Crippen LogP contribution in [0.15, 0.2) is 53.1 Å². The van der Waals surface area contributed by atoms with Crippen LogP contribution in [0.25, 0.3) is 0 Å². The van der Waals surface area contributed by atoms with Gasteiger partial charge in [0, 0.05) is 19.6 Å². The number of allylic oxidation sites excluding steroid dienone is 5. The summed E-state index contributed by atoms with van der Waals surface area (Å²) in [6, 6.07) is 6.30. The fourth-order valence-electron chi connectivity index (χ4n) is 3.64. The number of benzene rings is 1.